The lowest BCUT2D eigenvalue weighted by Gasteiger charge is -2.54. The normalized spacial score (nSPS) is 27.6. The molecule has 168 valence electrons. The summed E-state index contributed by atoms with van der Waals surface area (Å²) >= 11 is 0. The summed E-state index contributed by atoms with van der Waals surface area (Å²) in [5.41, 5.74) is 0.789. The van der Waals surface area contributed by atoms with E-state index in [1.807, 2.05) is 0 Å². The van der Waals surface area contributed by atoms with Crippen LogP contribution in [0.2, 0.25) is 0 Å². The zero-order valence-electron chi connectivity index (χ0n) is 19.8. The van der Waals surface area contributed by atoms with Gasteiger partial charge in [0.15, 0.2) is 0 Å². The minimum atomic E-state index is -0.980. The summed E-state index contributed by atoms with van der Waals surface area (Å²) in [4.78, 5) is 11.6. The van der Waals surface area contributed by atoms with E-state index < -0.39 is 11.2 Å². The zero-order valence-corrected chi connectivity index (χ0v) is 19.8. The van der Waals surface area contributed by atoms with E-state index in [-0.39, 0.29) is 23.3 Å². The molecule has 3 unspecified atom stereocenters. The van der Waals surface area contributed by atoms with Gasteiger partial charge in [0.25, 0.3) is 0 Å². The molecule has 1 saturated carbocycles. The van der Waals surface area contributed by atoms with Gasteiger partial charge in [-0.2, -0.15) is 0 Å². The molecule has 4 heteroatoms. The fourth-order valence-corrected chi connectivity index (χ4v) is 5.74. The van der Waals surface area contributed by atoms with Crippen molar-refractivity contribution in [3.05, 3.63) is 29.3 Å². The number of aliphatic hydroxyl groups is 1. The van der Waals surface area contributed by atoms with Gasteiger partial charge in [-0.3, -0.25) is 4.79 Å². The van der Waals surface area contributed by atoms with Gasteiger partial charge < -0.3 is 15.2 Å². The Morgan fingerprint density at radius 2 is 1.97 bits per heavy atom. The highest BCUT2D eigenvalue weighted by Gasteiger charge is 2.55. The Bertz CT molecular complexity index is 770. The first-order valence-electron chi connectivity index (χ1n) is 11.8. The molecule has 1 aliphatic heterocycles. The van der Waals surface area contributed by atoms with Crippen LogP contribution in [0.25, 0.3) is 0 Å². The van der Waals surface area contributed by atoms with Crippen molar-refractivity contribution in [3.63, 3.8) is 0 Å². The zero-order chi connectivity index (χ0) is 22.2. The molecule has 3 rings (SSSR count). The van der Waals surface area contributed by atoms with Crippen LogP contribution >= 0.6 is 0 Å². The maximum absolute atomic E-state index is 11.9. The fourth-order valence-electron chi connectivity index (χ4n) is 5.74. The van der Waals surface area contributed by atoms with E-state index in [1.165, 1.54) is 31.2 Å². The minimum Gasteiger partial charge on any atom is -0.487 e. The Labute approximate surface area is 182 Å². The number of hydrogen-bond donors (Lipinski definition) is 2. The van der Waals surface area contributed by atoms with Crippen molar-refractivity contribution < 1.29 is 14.6 Å². The van der Waals surface area contributed by atoms with Crippen LogP contribution in [0.4, 0.5) is 0 Å². The summed E-state index contributed by atoms with van der Waals surface area (Å²) in [7, 11) is 0. The van der Waals surface area contributed by atoms with Crippen LogP contribution in [-0.2, 0) is 15.8 Å². The van der Waals surface area contributed by atoms with Crippen molar-refractivity contribution in [2.45, 2.75) is 116 Å². The molecule has 1 fully saturated rings. The molecule has 0 spiro atoms. The number of ether oxygens (including phenoxy) is 1. The third-order valence-electron chi connectivity index (χ3n) is 7.44. The highest BCUT2D eigenvalue weighted by atomic mass is 16.5. The Hall–Kier alpha value is -1.55. The number of nitrogens with one attached hydrogen (secondary N) is 1. The predicted octanol–water partition coefficient (Wildman–Crippen LogP) is 5.60. The Morgan fingerprint density at radius 1 is 1.23 bits per heavy atom. The Balaban J connectivity index is 1.90. The van der Waals surface area contributed by atoms with Crippen LogP contribution in [0.15, 0.2) is 18.2 Å². The summed E-state index contributed by atoms with van der Waals surface area (Å²) in [5, 5.41) is 15.0. The second-order valence-corrected chi connectivity index (χ2v) is 10.8. The number of carbonyl (C=O) groups excluding carboxylic acids is 1. The molecule has 2 aliphatic rings. The van der Waals surface area contributed by atoms with Gasteiger partial charge in [-0.25, -0.2) is 0 Å². The number of carbonyl (C=O) groups is 1. The molecule has 1 amide bonds. The second-order valence-electron chi connectivity index (χ2n) is 10.8. The van der Waals surface area contributed by atoms with Gasteiger partial charge in [-0.05, 0) is 50.2 Å². The SMILES string of the molecule is CCCCCCC(C)(C)c1ccc2c(c1)OC(C)(C)C1CCC(NC(C)=O)CC21O. The Kier molecular flexibility index (Phi) is 6.57. The standard InChI is InChI=1S/C26H41NO3/c1-7-8-9-10-15-24(3,4)19-11-13-21-22(16-19)30-25(5,6)23-14-12-20(27-18(2)28)17-26(21,23)29/h11,13,16,20,23,29H,7-10,12,14-15,17H2,1-6H3,(H,27,28). The summed E-state index contributed by atoms with van der Waals surface area (Å²) in [6, 6.07) is 6.42. The van der Waals surface area contributed by atoms with Crippen molar-refractivity contribution in [1.82, 2.24) is 5.32 Å². The number of benzene rings is 1. The van der Waals surface area contributed by atoms with Crippen LogP contribution in [-0.4, -0.2) is 22.7 Å². The van der Waals surface area contributed by atoms with Crippen LogP contribution < -0.4 is 10.1 Å². The number of hydrogen-bond acceptors (Lipinski definition) is 3. The topological polar surface area (TPSA) is 58.6 Å². The van der Waals surface area contributed by atoms with Crippen molar-refractivity contribution in [1.29, 1.82) is 0 Å². The maximum atomic E-state index is 11.9. The van der Waals surface area contributed by atoms with E-state index in [9.17, 15) is 9.90 Å². The lowest BCUT2D eigenvalue weighted by atomic mass is 9.62. The predicted molar refractivity (Wildman–Crippen MR) is 122 cm³/mol. The first kappa shape index (κ1) is 23.1. The lowest BCUT2D eigenvalue weighted by Crippen LogP contribution is -2.59. The van der Waals surface area contributed by atoms with E-state index in [4.69, 9.17) is 4.74 Å². The number of fused-ring (bicyclic) bond motifs is 3. The summed E-state index contributed by atoms with van der Waals surface area (Å²) in [6.45, 7) is 12.6. The first-order chi connectivity index (χ1) is 14.0. The van der Waals surface area contributed by atoms with Gasteiger partial charge in [-0.15, -0.1) is 0 Å². The van der Waals surface area contributed by atoms with Crippen LogP contribution in [0, 0.1) is 5.92 Å². The molecule has 1 aliphatic carbocycles. The molecule has 0 bridgehead atoms. The third kappa shape index (κ3) is 4.54. The van der Waals surface area contributed by atoms with Gasteiger partial charge in [0, 0.05) is 30.9 Å². The van der Waals surface area contributed by atoms with Gasteiger partial charge in [0.1, 0.15) is 17.0 Å². The van der Waals surface area contributed by atoms with Crippen molar-refractivity contribution in [2.24, 2.45) is 5.92 Å². The molecule has 0 radical (unpaired) electrons. The summed E-state index contributed by atoms with van der Waals surface area (Å²) in [6.07, 6.45) is 8.44. The molecular formula is C26H41NO3. The van der Waals surface area contributed by atoms with E-state index in [0.29, 0.717) is 6.42 Å². The monoisotopic (exact) mass is 415 g/mol. The first-order valence-corrected chi connectivity index (χ1v) is 11.8. The smallest absolute Gasteiger partial charge is 0.217 e. The number of amides is 1. The number of unbranched alkanes of at least 4 members (excludes halogenated alkanes) is 3. The quantitative estimate of drug-likeness (QED) is 0.570. The van der Waals surface area contributed by atoms with Crippen LogP contribution in [0.3, 0.4) is 0 Å². The maximum Gasteiger partial charge on any atom is 0.217 e. The van der Waals surface area contributed by atoms with E-state index in [1.54, 1.807) is 6.92 Å². The largest absolute Gasteiger partial charge is 0.487 e. The van der Waals surface area contributed by atoms with Gasteiger partial charge in [0.05, 0.1) is 0 Å². The highest BCUT2D eigenvalue weighted by Crippen LogP contribution is 2.54. The van der Waals surface area contributed by atoms with Crippen LogP contribution in [0.1, 0.15) is 104 Å². The molecule has 1 heterocycles. The molecule has 0 aromatic heterocycles. The summed E-state index contributed by atoms with van der Waals surface area (Å²) < 4.78 is 6.50. The van der Waals surface area contributed by atoms with Gasteiger partial charge >= 0.3 is 0 Å². The van der Waals surface area contributed by atoms with Crippen LogP contribution in [0.5, 0.6) is 5.75 Å². The fraction of sp³-hybridized carbons (Fsp3) is 0.731. The van der Waals surface area contributed by atoms with E-state index in [0.717, 1.165) is 30.6 Å². The molecule has 1 aromatic carbocycles. The van der Waals surface area contributed by atoms with Gasteiger partial charge in [-0.1, -0.05) is 58.6 Å². The molecule has 1 aromatic rings. The molecule has 3 atom stereocenters. The molecule has 30 heavy (non-hydrogen) atoms. The van der Waals surface area contributed by atoms with E-state index in [2.05, 4.69) is 58.1 Å². The molecule has 0 saturated heterocycles. The highest BCUT2D eigenvalue weighted by molar-refractivity contribution is 5.73. The van der Waals surface area contributed by atoms with E-state index >= 15 is 0 Å². The minimum absolute atomic E-state index is 0.000170. The van der Waals surface area contributed by atoms with Crippen molar-refractivity contribution in [3.8, 4) is 5.75 Å². The van der Waals surface area contributed by atoms with Gasteiger partial charge in [0.2, 0.25) is 5.91 Å². The average molecular weight is 416 g/mol. The Morgan fingerprint density at radius 3 is 2.63 bits per heavy atom. The lowest BCUT2D eigenvalue weighted by molar-refractivity contribution is -0.153. The second kappa shape index (κ2) is 8.53. The van der Waals surface area contributed by atoms with Crippen molar-refractivity contribution in [2.75, 3.05) is 0 Å². The molecule has 2 N–H and O–H groups in total. The molecular weight excluding hydrogens is 374 g/mol. The average Bonchev–Trinajstić information content (AvgIpc) is 2.63. The van der Waals surface area contributed by atoms with Crippen molar-refractivity contribution >= 4 is 5.91 Å². The third-order valence-corrected chi connectivity index (χ3v) is 7.44. The summed E-state index contributed by atoms with van der Waals surface area (Å²) in [5.74, 6) is 0.783. The number of rotatable bonds is 7. The molecule has 4 nitrogen and oxygen atoms in total.